The van der Waals surface area contributed by atoms with Crippen molar-refractivity contribution in [2.75, 3.05) is 6.16 Å². The van der Waals surface area contributed by atoms with Crippen LogP contribution in [0.5, 0.6) is 11.5 Å². The number of rotatable bonds is 11. The fourth-order valence-electron chi connectivity index (χ4n) is 9.50. The van der Waals surface area contributed by atoms with Crippen LogP contribution in [0.2, 0.25) is 0 Å². The van der Waals surface area contributed by atoms with E-state index in [1.54, 1.807) is 0 Å². The predicted molar refractivity (Wildman–Crippen MR) is 231 cm³/mol. The van der Waals surface area contributed by atoms with Crippen LogP contribution in [0.4, 0.5) is 0 Å². The topological polar surface area (TPSA) is 24.5 Å². The van der Waals surface area contributed by atoms with Gasteiger partial charge in [0.05, 0.1) is 11.1 Å². The van der Waals surface area contributed by atoms with Crippen LogP contribution in [-0.4, -0.2) is 45.9 Å². The van der Waals surface area contributed by atoms with Crippen LogP contribution in [0, 0.1) is 0 Å². The Morgan fingerprint density at radius 3 is 1.51 bits per heavy atom. The molecular weight excluding hydrogens is 692 g/mol. The third kappa shape index (κ3) is 7.46. The van der Waals surface area contributed by atoms with E-state index >= 15 is 0 Å². The average molecular weight is 755 g/mol. The third-order valence-corrected chi connectivity index (χ3v) is 15.0. The molecule has 1 spiro atoms. The van der Waals surface area contributed by atoms with E-state index < -0.39 is 6.03 Å². The lowest BCUT2D eigenvalue weighted by Gasteiger charge is -2.33. The van der Waals surface area contributed by atoms with Gasteiger partial charge < -0.3 is 9.47 Å². The van der Waals surface area contributed by atoms with Gasteiger partial charge in [-0.15, -0.1) is 0 Å². The van der Waals surface area contributed by atoms with Crippen LogP contribution < -0.4 is 20.1 Å². The van der Waals surface area contributed by atoms with Gasteiger partial charge in [0.1, 0.15) is 0 Å². The molecule has 4 aromatic rings. The molecule has 1 aliphatic carbocycles. The molecule has 3 atom stereocenters. The number of fused-ring (bicyclic) bond motifs is 5. The molecule has 55 heavy (non-hydrogen) atoms. The number of aryl methyl sites for hydroxylation is 2. The molecule has 3 aliphatic heterocycles. The molecule has 4 aromatic carbocycles. The minimum atomic E-state index is -1.03. The van der Waals surface area contributed by atoms with Gasteiger partial charge in [-0.1, -0.05) is 143 Å². The first-order valence-electron chi connectivity index (χ1n) is 21.3. The van der Waals surface area contributed by atoms with E-state index in [-0.39, 0.29) is 18.8 Å². The molecule has 0 amide bonds. The largest absolute Gasteiger partial charge is 0.704 e. The van der Waals surface area contributed by atoms with Gasteiger partial charge in [-0.05, 0) is 104 Å². The molecule has 5 heteroatoms. The molecule has 4 aliphatic rings. The van der Waals surface area contributed by atoms with Crippen LogP contribution in [0.1, 0.15) is 140 Å². The Bertz CT molecular complexity index is 2030. The van der Waals surface area contributed by atoms with Crippen molar-refractivity contribution in [2.45, 2.75) is 148 Å². The van der Waals surface area contributed by atoms with Gasteiger partial charge in [-0.3, -0.25) is 0 Å². The smallest absolute Gasteiger partial charge is 0.340 e. The van der Waals surface area contributed by atoms with Gasteiger partial charge in [-0.25, -0.2) is 0 Å². The van der Waals surface area contributed by atoms with E-state index in [4.69, 9.17) is 9.47 Å². The fraction of sp³-hybridized carbons (Fsp3) is 0.480. The highest BCUT2D eigenvalue weighted by molar-refractivity contribution is 7.73. The summed E-state index contributed by atoms with van der Waals surface area (Å²) in [4.78, 5) is 0. The quantitative estimate of drug-likeness (QED) is 0.0865. The van der Waals surface area contributed by atoms with E-state index in [1.165, 1.54) is 95.1 Å². The first kappa shape index (κ1) is 38.1. The molecule has 288 valence electrons. The summed E-state index contributed by atoms with van der Waals surface area (Å²) in [5.41, 5.74) is 7.62. The maximum Gasteiger partial charge on any atom is 0.704 e. The van der Waals surface area contributed by atoms with Crippen molar-refractivity contribution in [2.24, 2.45) is 0 Å². The predicted octanol–water partition coefficient (Wildman–Crippen LogP) is 10.8. The Kier molecular flexibility index (Phi) is 10.6. The normalized spacial score (nSPS) is 21.3. The maximum absolute atomic E-state index is 7.51. The first-order valence-corrected chi connectivity index (χ1v) is 22.9. The zero-order valence-electron chi connectivity index (χ0n) is 34.5. The summed E-state index contributed by atoms with van der Waals surface area (Å²) >= 11 is 0. The lowest BCUT2D eigenvalue weighted by Crippen LogP contribution is -2.60. The SMILES string of the molecule is CCCCCc1cc2c(c(C(C)(C)C)c1)OC13Oc4c(cc(CCCCP(c5ccccc5)c5ccccc5)cc4C(C)(C)C)C=[N+]1C1CCCCC1[N+]3=C2. The van der Waals surface area contributed by atoms with E-state index in [0.717, 1.165) is 37.2 Å². The second-order valence-electron chi connectivity index (χ2n) is 18.6. The molecular formula is C50H63N2O2P+2. The number of benzene rings is 4. The number of unbranched alkanes of at least 4 members (excludes halogenated alkanes) is 3. The summed E-state index contributed by atoms with van der Waals surface area (Å²) in [6.45, 7) is 16.3. The molecule has 0 bridgehead atoms. The second kappa shape index (κ2) is 15.3. The number of nitrogens with zero attached hydrogens (tertiary/aromatic N) is 2. The number of hydrogen-bond acceptors (Lipinski definition) is 2. The minimum Gasteiger partial charge on any atom is -0.340 e. The standard InChI is InChI=1S/C50H63N2O2P/c1-8-9-12-21-36-30-38-34-51-44-27-17-18-28-45(44)52-35-39-31-37(22-19-20-29-55(40-23-13-10-14-24-40)41-25-15-11-16-26-41)33-43(49(5,6)7)47(39)54-50(51,52)53-46(38)42(32-36)48(2,3)4/h10-11,13-16,23-26,30-35,44-45H,8-9,12,17-22,27-29H2,1-7H3/q+2. The highest BCUT2D eigenvalue weighted by Crippen LogP contribution is 2.49. The molecule has 3 unspecified atom stereocenters. The summed E-state index contributed by atoms with van der Waals surface area (Å²) in [5, 5.41) is 2.95. The minimum absolute atomic E-state index is 0.0706. The molecule has 2 fully saturated rings. The van der Waals surface area contributed by atoms with Gasteiger partial charge >= 0.3 is 6.03 Å². The maximum atomic E-state index is 7.51. The van der Waals surface area contributed by atoms with Gasteiger partial charge in [0.2, 0.25) is 12.1 Å². The molecule has 1 saturated heterocycles. The van der Waals surface area contributed by atoms with Crippen LogP contribution in [-0.2, 0) is 23.7 Å². The highest BCUT2D eigenvalue weighted by atomic mass is 31.1. The summed E-state index contributed by atoms with van der Waals surface area (Å²) in [6.07, 6.45) is 19.1. The van der Waals surface area contributed by atoms with E-state index in [1.807, 2.05) is 0 Å². The second-order valence-corrected chi connectivity index (χ2v) is 20.9. The summed E-state index contributed by atoms with van der Waals surface area (Å²) < 4.78 is 20.0. The van der Waals surface area contributed by atoms with Crippen LogP contribution >= 0.6 is 7.92 Å². The lowest BCUT2D eigenvalue weighted by atomic mass is 9.83. The van der Waals surface area contributed by atoms with E-state index in [0.29, 0.717) is 12.1 Å². The van der Waals surface area contributed by atoms with Gasteiger partial charge in [0, 0.05) is 24.0 Å². The fourth-order valence-corrected chi connectivity index (χ4v) is 11.9. The van der Waals surface area contributed by atoms with E-state index in [2.05, 4.69) is 155 Å². The van der Waals surface area contributed by atoms with Crippen molar-refractivity contribution in [1.29, 1.82) is 0 Å². The summed E-state index contributed by atoms with van der Waals surface area (Å²) in [6, 6.07) is 31.7. The van der Waals surface area contributed by atoms with Crippen molar-refractivity contribution in [3.05, 3.63) is 118 Å². The average Bonchev–Trinajstić information content (AvgIpc) is 3.44. The number of hydrogen-bond donors (Lipinski definition) is 0. The third-order valence-electron chi connectivity index (χ3n) is 12.4. The summed E-state index contributed by atoms with van der Waals surface area (Å²) in [7, 11) is -0.375. The van der Waals surface area contributed by atoms with Crippen LogP contribution in [0.3, 0.4) is 0 Å². The lowest BCUT2D eigenvalue weighted by molar-refractivity contribution is -0.866. The zero-order chi connectivity index (χ0) is 38.4. The Labute approximate surface area is 332 Å². The molecule has 4 nitrogen and oxygen atoms in total. The van der Waals surface area contributed by atoms with Gasteiger partial charge in [-0.2, -0.15) is 0 Å². The van der Waals surface area contributed by atoms with Crippen LogP contribution in [0.15, 0.2) is 84.9 Å². The molecule has 0 radical (unpaired) electrons. The molecule has 1 saturated carbocycles. The van der Waals surface area contributed by atoms with Gasteiger partial charge in [0.25, 0.3) is 0 Å². The Hall–Kier alpha value is -3.75. The first-order chi connectivity index (χ1) is 26.5. The molecule has 0 N–H and O–H groups in total. The van der Waals surface area contributed by atoms with Crippen molar-refractivity contribution in [3.63, 3.8) is 0 Å². The van der Waals surface area contributed by atoms with Crippen molar-refractivity contribution < 1.29 is 18.6 Å². The monoisotopic (exact) mass is 754 g/mol. The molecule has 3 heterocycles. The van der Waals surface area contributed by atoms with Crippen LogP contribution in [0.25, 0.3) is 0 Å². The molecule has 8 rings (SSSR count). The number of ether oxygens (including phenoxy) is 2. The Morgan fingerprint density at radius 2 is 1.07 bits per heavy atom. The Balaban J connectivity index is 1.13. The van der Waals surface area contributed by atoms with Crippen molar-refractivity contribution >= 4 is 31.0 Å². The van der Waals surface area contributed by atoms with E-state index in [9.17, 15) is 0 Å². The Morgan fingerprint density at radius 1 is 0.618 bits per heavy atom. The molecule has 0 aromatic heterocycles. The summed E-state index contributed by atoms with van der Waals surface area (Å²) in [5.74, 6) is 1.97. The highest BCUT2D eigenvalue weighted by Gasteiger charge is 2.76. The van der Waals surface area contributed by atoms with Crippen molar-refractivity contribution in [1.82, 2.24) is 0 Å². The van der Waals surface area contributed by atoms with Gasteiger partial charge in [0.15, 0.2) is 23.9 Å². The zero-order valence-corrected chi connectivity index (χ0v) is 35.4. The van der Waals surface area contributed by atoms with Crippen molar-refractivity contribution in [3.8, 4) is 11.5 Å².